The zero-order valence-corrected chi connectivity index (χ0v) is 9.62. The Balaban J connectivity index is 2.55. The van der Waals surface area contributed by atoms with Crippen molar-refractivity contribution in [1.82, 2.24) is 4.90 Å². The van der Waals surface area contributed by atoms with Crippen molar-refractivity contribution in [2.75, 3.05) is 20.2 Å². The van der Waals surface area contributed by atoms with Gasteiger partial charge in [0.2, 0.25) is 0 Å². The molecule has 1 heterocycles. The highest BCUT2D eigenvalue weighted by Crippen LogP contribution is 2.26. The number of rotatable bonds is 3. The monoisotopic (exact) mass is 199 g/mol. The van der Waals surface area contributed by atoms with Crippen LogP contribution in [0.5, 0.6) is 0 Å². The van der Waals surface area contributed by atoms with Gasteiger partial charge in [0.25, 0.3) is 0 Å². The lowest BCUT2D eigenvalue weighted by atomic mass is 9.99. The minimum absolute atomic E-state index is 0.0525. The number of ether oxygens (including phenoxy) is 1. The summed E-state index contributed by atoms with van der Waals surface area (Å²) in [5.41, 5.74) is 0. The lowest BCUT2D eigenvalue weighted by Gasteiger charge is -2.22. The predicted octanol–water partition coefficient (Wildman–Crippen LogP) is 1.53. The van der Waals surface area contributed by atoms with Gasteiger partial charge in [-0.1, -0.05) is 13.8 Å². The Morgan fingerprint density at radius 3 is 2.71 bits per heavy atom. The van der Waals surface area contributed by atoms with Crippen molar-refractivity contribution >= 4 is 5.97 Å². The van der Waals surface area contributed by atoms with Gasteiger partial charge >= 0.3 is 5.97 Å². The van der Waals surface area contributed by atoms with Crippen molar-refractivity contribution < 1.29 is 9.53 Å². The fraction of sp³-hybridized carbons (Fsp3) is 0.909. The molecule has 0 bridgehead atoms. The van der Waals surface area contributed by atoms with Crippen LogP contribution in [0.4, 0.5) is 0 Å². The molecule has 0 aliphatic carbocycles. The minimum atomic E-state index is -0.0525. The molecular formula is C11H21NO2. The van der Waals surface area contributed by atoms with Crippen LogP contribution in [0.1, 0.15) is 27.2 Å². The van der Waals surface area contributed by atoms with E-state index in [1.165, 1.54) is 7.11 Å². The van der Waals surface area contributed by atoms with E-state index in [9.17, 15) is 4.79 Å². The van der Waals surface area contributed by atoms with Crippen molar-refractivity contribution in [2.45, 2.75) is 33.2 Å². The normalized spacial score (nSPS) is 30.3. The Bertz CT molecular complexity index is 205. The van der Waals surface area contributed by atoms with E-state index in [4.69, 9.17) is 4.74 Å². The minimum Gasteiger partial charge on any atom is -0.469 e. The molecule has 1 rings (SSSR count). The standard InChI is InChI=1S/C11H21NO2/c1-5-9(3)12-6-8(2)10(7-12)11(13)14-4/h8-10H,5-7H2,1-4H3. The molecule has 1 aliphatic rings. The number of carbonyl (C=O) groups is 1. The Hall–Kier alpha value is -0.570. The first-order valence-corrected chi connectivity index (χ1v) is 5.42. The molecule has 0 spiro atoms. The van der Waals surface area contributed by atoms with E-state index in [0.29, 0.717) is 12.0 Å². The highest BCUT2D eigenvalue weighted by atomic mass is 16.5. The van der Waals surface area contributed by atoms with Crippen molar-refractivity contribution in [3.63, 3.8) is 0 Å². The third kappa shape index (κ3) is 2.27. The van der Waals surface area contributed by atoms with E-state index >= 15 is 0 Å². The molecule has 1 fully saturated rings. The van der Waals surface area contributed by atoms with Crippen molar-refractivity contribution in [2.24, 2.45) is 11.8 Å². The molecule has 82 valence electrons. The zero-order chi connectivity index (χ0) is 10.7. The number of carbonyl (C=O) groups excluding carboxylic acids is 1. The average molecular weight is 199 g/mol. The summed E-state index contributed by atoms with van der Waals surface area (Å²) in [6, 6.07) is 0.576. The number of hydrogen-bond donors (Lipinski definition) is 0. The van der Waals surface area contributed by atoms with Crippen molar-refractivity contribution in [3.8, 4) is 0 Å². The fourth-order valence-corrected chi connectivity index (χ4v) is 2.08. The SMILES string of the molecule is CCC(C)N1CC(C)C(C(=O)OC)C1. The maximum absolute atomic E-state index is 11.4. The van der Waals surface area contributed by atoms with Gasteiger partial charge < -0.3 is 4.74 Å². The fourth-order valence-electron chi connectivity index (χ4n) is 2.08. The quantitative estimate of drug-likeness (QED) is 0.645. The van der Waals surface area contributed by atoms with Crippen LogP contribution in [0.2, 0.25) is 0 Å². The van der Waals surface area contributed by atoms with Gasteiger partial charge in [0.15, 0.2) is 0 Å². The van der Waals surface area contributed by atoms with Gasteiger partial charge in [0.05, 0.1) is 13.0 Å². The molecule has 0 amide bonds. The maximum Gasteiger partial charge on any atom is 0.310 e. The second kappa shape index (κ2) is 4.78. The maximum atomic E-state index is 11.4. The Morgan fingerprint density at radius 2 is 2.21 bits per heavy atom. The van der Waals surface area contributed by atoms with Crippen LogP contribution in [0, 0.1) is 11.8 Å². The molecule has 0 aromatic heterocycles. The second-order valence-corrected chi connectivity index (χ2v) is 4.32. The van der Waals surface area contributed by atoms with Crippen LogP contribution < -0.4 is 0 Å². The zero-order valence-electron chi connectivity index (χ0n) is 9.62. The molecule has 0 saturated carbocycles. The van der Waals surface area contributed by atoms with E-state index in [1.54, 1.807) is 0 Å². The van der Waals surface area contributed by atoms with Gasteiger partial charge in [0, 0.05) is 19.1 Å². The van der Waals surface area contributed by atoms with Crippen LogP contribution >= 0.6 is 0 Å². The van der Waals surface area contributed by atoms with Gasteiger partial charge in [-0.15, -0.1) is 0 Å². The Kier molecular flexibility index (Phi) is 3.93. The molecule has 1 saturated heterocycles. The van der Waals surface area contributed by atoms with E-state index in [-0.39, 0.29) is 11.9 Å². The van der Waals surface area contributed by atoms with E-state index < -0.39 is 0 Å². The highest BCUT2D eigenvalue weighted by Gasteiger charge is 2.36. The third-order valence-electron chi connectivity index (χ3n) is 3.36. The van der Waals surface area contributed by atoms with Crippen LogP contribution in [-0.4, -0.2) is 37.1 Å². The molecule has 1 aliphatic heterocycles. The molecule has 3 unspecified atom stereocenters. The van der Waals surface area contributed by atoms with Crippen molar-refractivity contribution in [1.29, 1.82) is 0 Å². The summed E-state index contributed by atoms with van der Waals surface area (Å²) in [4.78, 5) is 13.8. The molecule has 0 aromatic rings. The molecular weight excluding hydrogens is 178 g/mol. The second-order valence-electron chi connectivity index (χ2n) is 4.32. The molecule has 0 radical (unpaired) electrons. The molecule has 0 N–H and O–H groups in total. The first-order chi connectivity index (χ1) is 6.60. The first-order valence-electron chi connectivity index (χ1n) is 5.42. The Labute approximate surface area is 86.4 Å². The summed E-state index contributed by atoms with van der Waals surface area (Å²) in [7, 11) is 1.47. The number of methoxy groups -OCH3 is 1. The summed E-state index contributed by atoms with van der Waals surface area (Å²) in [5, 5.41) is 0. The summed E-state index contributed by atoms with van der Waals surface area (Å²) >= 11 is 0. The molecule has 3 atom stereocenters. The summed E-state index contributed by atoms with van der Waals surface area (Å²) < 4.78 is 4.80. The number of hydrogen-bond acceptors (Lipinski definition) is 3. The predicted molar refractivity (Wildman–Crippen MR) is 56.0 cm³/mol. The number of esters is 1. The van der Waals surface area contributed by atoms with Crippen LogP contribution in [0.25, 0.3) is 0 Å². The van der Waals surface area contributed by atoms with Crippen LogP contribution in [-0.2, 0) is 9.53 Å². The summed E-state index contributed by atoms with van der Waals surface area (Å²) in [5.74, 6) is 0.453. The van der Waals surface area contributed by atoms with Gasteiger partial charge in [-0.05, 0) is 19.3 Å². The molecule has 14 heavy (non-hydrogen) atoms. The largest absolute Gasteiger partial charge is 0.469 e. The summed E-state index contributed by atoms with van der Waals surface area (Å²) in [6.07, 6.45) is 1.14. The molecule has 3 heteroatoms. The Morgan fingerprint density at radius 1 is 1.57 bits per heavy atom. The topological polar surface area (TPSA) is 29.5 Å². The van der Waals surface area contributed by atoms with Crippen LogP contribution in [0.3, 0.4) is 0 Å². The van der Waals surface area contributed by atoms with Gasteiger partial charge in [0.1, 0.15) is 0 Å². The highest BCUT2D eigenvalue weighted by molar-refractivity contribution is 5.73. The van der Waals surface area contributed by atoms with Crippen molar-refractivity contribution in [3.05, 3.63) is 0 Å². The van der Waals surface area contributed by atoms with Gasteiger partial charge in [-0.3, -0.25) is 9.69 Å². The van der Waals surface area contributed by atoms with Gasteiger partial charge in [-0.2, -0.15) is 0 Å². The smallest absolute Gasteiger partial charge is 0.310 e. The molecule has 0 aromatic carbocycles. The lowest BCUT2D eigenvalue weighted by Crippen LogP contribution is -2.31. The average Bonchev–Trinajstić information content (AvgIpc) is 2.58. The molecule has 3 nitrogen and oxygen atoms in total. The number of nitrogens with zero attached hydrogens (tertiary/aromatic N) is 1. The summed E-state index contributed by atoms with van der Waals surface area (Å²) in [6.45, 7) is 8.41. The first kappa shape index (κ1) is 11.5. The van der Waals surface area contributed by atoms with Gasteiger partial charge in [-0.25, -0.2) is 0 Å². The van der Waals surface area contributed by atoms with E-state index in [1.807, 2.05) is 0 Å². The van der Waals surface area contributed by atoms with Crippen LogP contribution in [0.15, 0.2) is 0 Å². The third-order valence-corrected chi connectivity index (χ3v) is 3.36. The number of likely N-dealkylation sites (tertiary alicyclic amines) is 1. The van der Waals surface area contributed by atoms with E-state index in [0.717, 1.165) is 19.5 Å². The van der Waals surface area contributed by atoms with E-state index in [2.05, 4.69) is 25.7 Å². The lowest BCUT2D eigenvalue weighted by molar-refractivity contribution is -0.146.